The molecule has 3 nitrogen and oxygen atoms in total. The Morgan fingerprint density at radius 3 is 1.65 bits per heavy atom. The maximum Gasteiger partial charge on any atom is 0.290 e. The van der Waals surface area contributed by atoms with Crippen molar-refractivity contribution in [2.24, 2.45) is 10.4 Å². The first kappa shape index (κ1) is 23.2. The highest BCUT2D eigenvalue weighted by Crippen LogP contribution is 2.39. The molecule has 0 N–H and O–H groups in total. The van der Waals surface area contributed by atoms with Crippen LogP contribution in [0.25, 0.3) is 0 Å². The zero-order valence-electron chi connectivity index (χ0n) is 17.7. The summed E-state index contributed by atoms with van der Waals surface area (Å²) in [5.41, 5.74) is -0.0225. The van der Waals surface area contributed by atoms with Crippen LogP contribution in [0.1, 0.15) is 124 Å². The predicted molar refractivity (Wildman–Crippen MR) is 112 cm³/mol. The molecule has 0 radical (unpaired) electrons. The van der Waals surface area contributed by atoms with E-state index in [1.165, 1.54) is 89.9 Å². The van der Waals surface area contributed by atoms with E-state index in [9.17, 15) is 4.79 Å². The Labute approximate surface area is 162 Å². The molecule has 1 unspecified atom stereocenters. The van der Waals surface area contributed by atoms with Crippen molar-refractivity contribution >= 4 is 12.3 Å². The molecule has 0 saturated carbocycles. The van der Waals surface area contributed by atoms with Crippen molar-refractivity contribution in [3.8, 4) is 0 Å². The minimum absolute atomic E-state index is 0.0225. The van der Waals surface area contributed by atoms with Crippen molar-refractivity contribution in [1.29, 1.82) is 0 Å². The summed E-state index contributed by atoms with van der Waals surface area (Å²) in [7, 11) is 0. The van der Waals surface area contributed by atoms with Gasteiger partial charge in [-0.2, -0.15) is 4.99 Å². The van der Waals surface area contributed by atoms with Crippen molar-refractivity contribution in [2.75, 3.05) is 0 Å². The van der Waals surface area contributed by atoms with Crippen LogP contribution < -0.4 is 0 Å². The monoisotopic (exact) mass is 365 g/mol. The Kier molecular flexibility index (Phi) is 12.7. The fourth-order valence-corrected chi connectivity index (χ4v) is 4.28. The maximum atomic E-state index is 11.9. The lowest BCUT2D eigenvalue weighted by atomic mass is 9.72. The molecular weight excluding hydrogens is 322 g/mol. The minimum Gasteiger partial charge on any atom is -0.469 e. The van der Waals surface area contributed by atoms with Crippen molar-refractivity contribution < 1.29 is 9.53 Å². The van der Waals surface area contributed by atoms with Crippen LogP contribution in [0.15, 0.2) is 4.99 Å². The Morgan fingerprint density at radius 2 is 1.27 bits per heavy atom. The Hall–Kier alpha value is -0.860. The van der Waals surface area contributed by atoms with Gasteiger partial charge in [-0.15, -0.1) is 0 Å². The molecule has 1 amide bonds. The maximum absolute atomic E-state index is 11.9. The summed E-state index contributed by atoms with van der Waals surface area (Å²) in [5.74, 6) is -0.0802. The van der Waals surface area contributed by atoms with Gasteiger partial charge in [0.1, 0.15) is 0 Å². The van der Waals surface area contributed by atoms with Crippen LogP contribution in [0.2, 0.25) is 0 Å². The second-order valence-corrected chi connectivity index (χ2v) is 8.15. The highest BCUT2D eigenvalue weighted by atomic mass is 16.5. The van der Waals surface area contributed by atoms with Gasteiger partial charge in [0.15, 0.2) is 12.5 Å². The molecule has 1 aliphatic heterocycles. The molecule has 1 aliphatic rings. The molecule has 1 rings (SSSR count). The van der Waals surface area contributed by atoms with Crippen LogP contribution in [0.4, 0.5) is 0 Å². The predicted octanol–water partition coefficient (Wildman–Crippen LogP) is 7.23. The van der Waals surface area contributed by atoms with Crippen LogP contribution in [-0.2, 0) is 9.53 Å². The van der Waals surface area contributed by atoms with Gasteiger partial charge in [-0.25, -0.2) is 0 Å². The molecule has 0 aromatic heterocycles. The quantitative estimate of drug-likeness (QED) is 0.255. The van der Waals surface area contributed by atoms with Gasteiger partial charge in [0.2, 0.25) is 0 Å². The third-order valence-corrected chi connectivity index (χ3v) is 6.34. The lowest BCUT2D eigenvalue weighted by Gasteiger charge is -2.35. The van der Waals surface area contributed by atoms with E-state index in [4.69, 9.17) is 4.74 Å². The highest BCUT2D eigenvalue weighted by Gasteiger charge is 2.43. The molecule has 1 heterocycles. The smallest absolute Gasteiger partial charge is 0.290 e. The molecule has 0 fully saturated rings. The first-order valence-corrected chi connectivity index (χ1v) is 11.4. The van der Waals surface area contributed by atoms with E-state index in [2.05, 4.69) is 25.8 Å². The Bertz CT molecular complexity index is 388. The summed E-state index contributed by atoms with van der Waals surface area (Å²) in [6.07, 6.45) is 21.9. The SMILES string of the molecule is CCCCCCCCCCCCCCCC(CC)(CC)C1OC=NC1=O. The third kappa shape index (κ3) is 8.22. The Morgan fingerprint density at radius 1 is 0.808 bits per heavy atom. The van der Waals surface area contributed by atoms with E-state index in [1.807, 2.05) is 0 Å². The van der Waals surface area contributed by atoms with E-state index in [0.29, 0.717) is 0 Å². The van der Waals surface area contributed by atoms with E-state index in [0.717, 1.165) is 19.3 Å². The number of aliphatic imine (C=N–C) groups is 1. The van der Waals surface area contributed by atoms with Crippen LogP contribution in [0.5, 0.6) is 0 Å². The topological polar surface area (TPSA) is 38.7 Å². The summed E-state index contributed by atoms with van der Waals surface area (Å²) >= 11 is 0. The molecule has 0 aliphatic carbocycles. The lowest BCUT2D eigenvalue weighted by molar-refractivity contribution is -0.129. The van der Waals surface area contributed by atoms with Crippen LogP contribution in [0.3, 0.4) is 0 Å². The van der Waals surface area contributed by atoms with Crippen LogP contribution in [-0.4, -0.2) is 18.4 Å². The summed E-state index contributed by atoms with van der Waals surface area (Å²) < 4.78 is 5.54. The Balaban J connectivity index is 2.02. The second-order valence-electron chi connectivity index (χ2n) is 8.15. The summed E-state index contributed by atoms with van der Waals surface area (Å²) in [6.45, 7) is 6.64. The largest absolute Gasteiger partial charge is 0.469 e. The molecule has 0 aromatic rings. The molecule has 26 heavy (non-hydrogen) atoms. The molecule has 0 saturated heterocycles. The minimum atomic E-state index is -0.338. The van der Waals surface area contributed by atoms with E-state index in [1.54, 1.807) is 0 Å². The molecule has 1 atom stereocenters. The van der Waals surface area contributed by atoms with E-state index in [-0.39, 0.29) is 17.4 Å². The number of ether oxygens (including phenoxy) is 1. The zero-order valence-corrected chi connectivity index (χ0v) is 17.7. The number of unbranched alkanes of at least 4 members (excludes halogenated alkanes) is 12. The molecule has 0 spiro atoms. The number of amides is 1. The first-order chi connectivity index (χ1) is 12.7. The van der Waals surface area contributed by atoms with Crippen LogP contribution >= 0.6 is 0 Å². The van der Waals surface area contributed by atoms with Crippen molar-refractivity contribution in [1.82, 2.24) is 0 Å². The van der Waals surface area contributed by atoms with Crippen molar-refractivity contribution in [3.05, 3.63) is 0 Å². The van der Waals surface area contributed by atoms with Gasteiger partial charge in [0.05, 0.1) is 0 Å². The van der Waals surface area contributed by atoms with E-state index >= 15 is 0 Å². The third-order valence-electron chi connectivity index (χ3n) is 6.34. The fraction of sp³-hybridized carbons (Fsp3) is 0.913. The number of carbonyl (C=O) groups excluding carboxylic acids is 1. The fourth-order valence-electron chi connectivity index (χ4n) is 4.28. The number of carbonyl (C=O) groups is 1. The molecule has 0 bridgehead atoms. The molecular formula is C23H43NO2. The van der Waals surface area contributed by atoms with Gasteiger partial charge in [0, 0.05) is 5.41 Å². The van der Waals surface area contributed by atoms with Crippen LogP contribution in [0, 0.1) is 5.41 Å². The molecule has 3 heteroatoms. The van der Waals surface area contributed by atoms with Gasteiger partial charge in [-0.1, -0.05) is 104 Å². The normalized spacial score (nSPS) is 17.0. The average Bonchev–Trinajstić information content (AvgIpc) is 3.09. The number of hydrogen-bond acceptors (Lipinski definition) is 2. The van der Waals surface area contributed by atoms with Gasteiger partial charge in [0.25, 0.3) is 5.91 Å². The number of hydrogen-bond donors (Lipinski definition) is 0. The second kappa shape index (κ2) is 14.2. The van der Waals surface area contributed by atoms with Gasteiger partial charge >= 0.3 is 0 Å². The summed E-state index contributed by atoms with van der Waals surface area (Å²) in [4.78, 5) is 15.8. The zero-order chi connectivity index (χ0) is 19.1. The summed E-state index contributed by atoms with van der Waals surface area (Å²) in [5, 5.41) is 0. The molecule has 152 valence electrons. The number of nitrogens with zero attached hydrogens (tertiary/aromatic N) is 1. The van der Waals surface area contributed by atoms with E-state index < -0.39 is 0 Å². The van der Waals surface area contributed by atoms with Gasteiger partial charge < -0.3 is 4.74 Å². The first-order valence-electron chi connectivity index (χ1n) is 11.4. The average molecular weight is 366 g/mol. The standard InChI is InChI=1S/C23H43NO2/c1-4-7-8-9-10-11-12-13-14-15-16-17-18-19-23(5-2,6-3)21-22(25)24-20-26-21/h20-21H,4-19H2,1-3H3. The lowest BCUT2D eigenvalue weighted by Crippen LogP contribution is -2.39. The van der Waals surface area contributed by atoms with Gasteiger partial charge in [-0.05, 0) is 19.3 Å². The number of rotatable bonds is 17. The van der Waals surface area contributed by atoms with Crippen molar-refractivity contribution in [2.45, 2.75) is 130 Å². The molecule has 0 aromatic carbocycles. The summed E-state index contributed by atoms with van der Waals surface area (Å²) in [6, 6.07) is 0. The van der Waals surface area contributed by atoms with Gasteiger partial charge in [-0.3, -0.25) is 4.79 Å². The van der Waals surface area contributed by atoms with Crippen molar-refractivity contribution in [3.63, 3.8) is 0 Å². The highest BCUT2D eigenvalue weighted by molar-refractivity contribution is 5.92.